The van der Waals surface area contributed by atoms with Gasteiger partial charge in [-0.2, -0.15) is 0 Å². The Morgan fingerprint density at radius 1 is 1.11 bits per heavy atom. The number of aryl methyl sites for hydroxylation is 1. The molecule has 0 aliphatic heterocycles. The zero-order valence-electron chi connectivity index (χ0n) is 13.9. The Balaban J connectivity index is 1.86. The van der Waals surface area contributed by atoms with E-state index in [0.29, 0.717) is 5.82 Å². The zero-order valence-corrected chi connectivity index (χ0v) is 14.6. The highest BCUT2D eigenvalue weighted by molar-refractivity contribution is 6.33. The lowest BCUT2D eigenvalue weighted by Gasteiger charge is -2.06. The van der Waals surface area contributed by atoms with Gasteiger partial charge < -0.3 is 16.0 Å². The topological polar surface area (TPSA) is 105 Å². The summed E-state index contributed by atoms with van der Waals surface area (Å²) in [5, 5.41) is 3.03. The fourth-order valence-electron chi connectivity index (χ4n) is 2.64. The lowest BCUT2D eigenvalue weighted by Crippen LogP contribution is -1.99. The molecular formula is C17H12ClF2N7. The number of nitrogen functional groups attached to an aromatic ring is 1. The van der Waals surface area contributed by atoms with E-state index in [1.807, 2.05) is 0 Å². The molecule has 136 valence electrons. The molecular weight excluding hydrogens is 376 g/mol. The number of benzene rings is 1. The second-order valence-corrected chi connectivity index (χ2v) is 6.20. The average Bonchev–Trinajstić information content (AvgIpc) is 3.02. The second-order valence-electron chi connectivity index (χ2n) is 5.79. The summed E-state index contributed by atoms with van der Waals surface area (Å²) in [4.78, 5) is 19.1. The largest absolute Gasteiger partial charge is 0.399 e. The highest BCUT2D eigenvalue weighted by atomic mass is 35.5. The molecule has 0 atom stereocenters. The minimum absolute atomic E-state index is 0.00898. The number of hydrogen-bond donors (Lipinski definition) is 3. The monoisotopic (exact) mass is 387 g/mol. The van der Waals surface area contributed by atoms with Gasteiger partial charge in [0.05, 0.1) is 16.8 Å². The molecule has 10 heteroatoms. The van der Waals surface area contributed by atoms with Gasteiger partial charge in [-0.1, -0.05) is 11.6 Å². The molecule has 4 rings (SSSR count). The first-order valence-electron chi connectivity index (χ1n) is 7.77. The van der Waals surface area contributed by atoms with Gasteiger partial charge in [0.1, 0.15) is 34.8 Å². The van der Waals surface area contributed by atoms with Crippen molar-refractivity contribution in [1.29, 1.82) is 0 Å². The maximum atomic E-state index is 14.4. The summed E-state index contributed by atoms with van der Waals surface area (Å²) < 4.78 is 28.6. The van der Waals surface area contributed by atoms with Crippen LogP contribution < -0.4 is 11.1 Å². The number of pyridine rings is 1. The van der Waals surface area contributed by atoms with Crippen LogP contribution in [0.5, 0.6) is 0 Å². The first-order valence-corrected chi connectivity index (χ1v) is 8.15. The number of fused-ring (bicyclic) bond motifs is 1. The second kappa shape index (κ2) is 6.44. The normalized spacial score (nSPS) is 11.1. The van der Waals surface area contributed by atoms with Crippen molar-refractivity contribution < 1.29 is 8.78 Å². The molecule has 0 saturated carbocycles. The van der Waals surface area contributed by atoms with Crippen molar-refractivity contribution in [2.45, 2.75) is 6.92 Å². The van der Waals surface area contributed by atoms with Crippen LogP contribution in [0.1, 0.15) is 5.69 Å². The SMILES string of the molecule is Cc1cc(Nc2ncc(F)c3nc(-c4c(F)cc(N)cc4Cl)[nH]c23)ncn1. The van der Waals surface area contributed by atoms with Gasteiger partial charge in [-0.05, 0) is 19.1 Å². The summed E-state index contributed by atoms with van der Waals surface area (Å²) >= 11 is 6.10. The Kier molecular flexibility index (Phi) is 4.08. The van der Waals surface area contributed by atoms with E-state index < -0.39 is 11.6 Å². The van der Waals surface area contributed by atoms with Gasteiger partial charge in [0.25, 0.3) is 0 Å². The summed E-state index contributed by atoms with van der Waals surface area (Å²) in [6.07, 6.45) is 2.41. The van der Waals surface area contributed by atoms with Gasteiger partial charge in [0.2, 0.25) is 0 Å². The number of anilines is 3. The van der Waals surface area contributed by atoms with Crippen LogP contribution in [0.4, 0.5) is 26.1 Å². The van der Waals surface area contributed by atoms with E-state index in [4.69, 9.17) is 17.3 Å². The van der Waals surface area contributed by atoms with Crippen molar-refractivity contribution in [3.8, 4) is 11.4 Å². The Bertz CT molecular complexity index is 1150. The van der Waals surface area contributed by atoms with Crippen molar-refractivity contribution in [2.24, 2.45) is 0 Å². The number of rotatable bonds is 3. The number of aromatic nitrogens is 5. The Morgan fingerprint density at radius 3 is 2.67 bits per heavy atom. The number of aromatic amines is 1. The molecule has 1 aromatic carbocycles. The highest BCUT2D eigenvalue weighted by Crippen LogP contribution is 2.34. The van der Waals surface area contributed by atoms with Gasteiger partial charge in [-0.15, -0.1) is 0 Å². The van der Waals surface area contributed by atoms with E-state index in [2.05, 4.69) is 30.2 Å². The number of imidazole rings is 1. The molecule has 4 N–H and O–H groups in total. The van der Waals surface area contributed by atoms with Crippen molar-refractivity contribution in [3.05, 3.63) is 53.1 Å². The molecule has 3 heterocycles. The number of H-pyrrole nitrogens is 1. The number of nitrogens with two attached hydrogens (primary N) is 1. The molecule has 4 aromatic rings. The molecule has 27 heavy (non-hydrogen) atoms. The molecule has 7 nitrogen and oxygen atoms in total. The predicted molar refractivity (Wildman–Crippen MR) is 98.7 cm³/mol. The molecule has 0 unspecified atom stereocenters. The van der Waals surface area contributed by atoms with E-state index in [9.17, 15) is 8.78 Å². The number of halogens is 3. The average molecular weight is 388 g/mol. The molecule has 0 amide bonds. The summed E-state index contributed by atoms with van der Waals surface area (Å²) in [6, 6.07) is 4.21. The van der Waals surface area contributed by atoms with Gasteiger partial charge in [0, 0.05) is 17.4 Å². The third kappa shape index (κ3) is 3.13. The Hall–Kier alpha value is -3.33. The minimum Gasteiger partial charge on any atom is -0.399 e. The van der Waals surface area contributed by atoms with Crippen LogP contribution in [0.15, 0.2) is 30.7 Å². The van der Waals surface area contributed by atoms with Crippen molar-refractivity contribution in [2.75, 3.05) is 11.1 Å². The van der Waals surface area contributed by atoms with Gasteiger partial charge in [0.15, 0.2) is 11.6 Å². The van der Waals surface area contributed by atoms with E-state index in [1.165, 1.54) is 12.4 Å². The van der Waals surface area contributed by atoms with Crippen LogP contribution in [0.2, 0.25) is 5.02 Å². The van der Waals surface area contributed by atoms with Crippen LogP contribution in [-0.2, 0) is 0 Å². The Labute approximate surface area is 156 Å². The lowest BCUT2D eigenvalue weighted by atomic mass is 10.2. The van der Waals surface area contributed by atoms with Crippen LogP contribution in [0.25, 0.3) is 22.4 Å². The van der Waals surface area contributed by atoms with Crippen molar-refractivity contribution >= 4 is 40.0 Å². The third-order valence-corrected chi connectivity index (χ3v) is 4.12. The molecule has 0 radical (unpaired) electrons. The molecule has 0 bridgehead atoms. The van der Waals surface area contributed by atoms with Crippen LogP contribution >= 0.6 is 11.6 Å². The van der Waals surface area contributed by atoms with E-state index >= 15 is 0 Å². The third-order valence-electron chi connectivity index (χ3n) is 3.83. The summed E-state index contributed by atoms with van der Waals surface area (Å²) in [7, 11) is 0. The van der Waals surface area contributed by atoms with Crippen LogP contribution in [0, 0.1) is 18.6 Å². The predicted octanol–water partition coefficient (Wildman–Crippen LogP) is 3.98. The molecule has 0 saturated heterocycles. The Morgan fingerprint density at radius 2 is 1.93 bits per heavy atom. The first-order chi connectivity index (χ1) is 12.9. The smallest absolute Gasteiger partial charge is 0.169 e. The van der Waals surface area contributed by atoms with Gasteiger partial charge in [-0.25, -0.2) is 28.7 Å². The molecule has 0 aliphatic carbocycles. The molecule has 0 fully saturated rings. The lowest BCUT2D eigenvalue weighted by molar-refractivity contribution is 0.629. The van der Waals surface area contributed by atoms with Crippen molar-refractivity contribution in [3.63, 3.8) is 0 Å². The van der Waals surface area contributed by atoms with E-state index in [0.717, 1.165) is 18.0 Å². The number of nitrogens with zero attached hydrogens (tertiary/aromatic N) is 4. The standard InChI is InChI=1S/C17H12ClF2N7/c1-7-2-12(24-6-23-7)25-17-15-14(11(20)5-22-17)26-16(27-15)13-9(18)3-8(21)4-10(13)19/h2-6H,21H2,1H3,(H,26,27)(H,22,23,24,25). The van der Waals surface area contributed by atoms with Gasteiger partial charge in [-0.3, -0.25) is 0 Å². The quantitative estimate of drug-likeness (QED) is 0.459. The summed E-state index contributed by atoms with van der Waals surface area (Å²) in [6.45, 7) is 1.81. The van der Waals surface area contributed by atoms with Crippen LogP contribution in [0.3, 0.4) is 0 Å². The fraction of sp³-hybridized carbons (Fsp3) is 0.0588. The van der Waals surface area contributed by atoms with E-state index in [1.54, 1.807) is 13.0 Å². The maximum absolute atomic E-state index is 14.4. The maximum Gasteiger partial charge on any atom is 0.169 e. The van der Waals surface area contributed by atoms with E-state index in [-0.39, 0.29) is 38.9 Å². The molecule has 3 aromatic heterocycles. The van der Waals surface area contributed by atoms with Crippen LogP contribution in [-0.4, -0.2) is 24.9 Å². The van der Waals surface area contributed by atoms with Crippen molar-refractivity contribution in [1.82, 2.24) is 24.9 Å². The number of hydrogen-bond acceptors (Lipinski definition) is 6. The summed E-state index contributed by atoms with van der Waals surface area (Å²) in [5.41, 5.74) is 6.72. The zero-order chi connectivity index (χ0) is 19.1. The molecule has 0 aliphatic rings. The minimum atomic E-state index is -0.673. The van der Waals surface area contributed by atoms with Gasteiger partial charge >= 0.3 is 0 Å². The highest BCUT2D eigenvalue weighted by Gasteiger charge is 2.19. The first kappa shape index (κ1) is 17.1. The molecule has 0 spiro atoms. The number of nitrogens with one attached hydrogen (secondary N) is 2. The fourth-order valence-corrected chi connectivity index (χ4v) is 2.95. The summed E-state index contributed by atoms with van der Waals surface area (Å²) in [5.74, 6) is -0.537.